The van der Waals surface area contributed by atoms with E-state index in [1.165, 1.54) is 0 Å². The molecule has 114 valence electrons. The normalized spacial score (nSPS) is 10.9. The first-order valence-electron chi connectivity index (χ1n) is 7.19. The number of rotatable bonds is 5. The molecule has 0 N–H and O–H groups in total. The standard InChI is InChI=1S/C15H23N5O/c1-6-19-13(4)14(12(3)17-19)9-18(5)15(21)10-20-11(2)7-8-16-20/h7-8H,6,9-10H2,1-5H3. The number of nitrogens with zero attached hydrogens (tertiary/aromatic N) is 5. The van der Waals surface area contributed by atoms with Gasteiger partial charge in [0.1, 0.15) is 6.54 Å². The highest BCUT2D eigenvalue weighted by molar-refractivity contribution is 5.75. The molecular weight excluding hydrogens is 266 g/mol. The van der Waals surface area contributed by atoms with E-state index in [1.54, 1.807) is 15.8 Å². The van der Waals surface area contributed by atoms with Crippen molar-refractivity contribution in [2.45, 2.75) is 47.3 Å². The summed E-state index contributed by atoms with van der Waals surface area (Å²) in [5.41, 5.74) is 4.24. The monoisotopic (exact) mass is 289 g/mol. The lowest BCUT2D eigenvalue weighted by Crippen LogP contribution is -2.30. The van der Waals surface area contributed by atoms with E-state index >= 15 is 0 Å². The zero-order valence-corrected chi connectivity index (χ0v) is 13.4. The van der Waals surface area contributed by atoms with E-state index in [9.17, 15) is 4.79 Å². The van der Waals surface area contributed by atoms with Gasteiger partial charge in [0.05, 0.1) is 5.69 Å². The van der Waals surface area contributed by atoms with E-state index in [2.05, 4.69) is 24.0 Å². The second-order valence-corrected chi connectivity index (χ2v) is 5.35. The molecule has 6 nitrogen and oxygen atoms in total. The van der Waals surface area contributed by atoms with Crippen LogP contribution in [-0.4, -0.2) is 37.4 Å². The summed E-state index contributed by atoms with van der Waals surface area (Å²) in [5, 5.41) is 8.64. The molecule has 1 amide bonds. The molecule has 0 radical (unpaired) electrons. The Morgan fingerprint density at radius 3 is 2.52 bits per heavy atom. The molecule has 0 fully saturated rings. The first-order valence-corrected chi connectivity index (χ1v) is 7.19. The van der Waals surface area contributed by atoms with Crippen molar-refractivity contribution in [1.29, 1.82) is 0 Å². The first-order chi connectivity index (χ1) is 9.93. The SMILES string of the molecule is CCn1nc(C)c(CN(C)C(=O)Cn2nccc2C)c1C. The Kier molecular flexibility index (Phi) is 4.45. The maximum Gasteiger partial charge on any atom is 0.244 e. The largest absolute Gasteiger partial charge is 0.340 e. The quantitative estimate of drug-likeness (QED) is 0.841. The smallest absolute Gasteiger partial charge is 0.244 e. The van der Waals surface area contributed by atoms with Gasteiger partial charge < -0.3 is 4.90 Å². The minimum atomic E-state index is 0.0462. The lowest BCUT2D eigenvalue weighted by molar-refractivity contribution is -0.131. The summed E-state index contributed by atoms with van der Waals surface area (Å²) >= 11 is 0. The zero-order valence-electron chi connectivity index (χ0n) is 13.4. The highest BCUT2D eigenvalue weighted by Crippen LogP contribution is 2.15. The van der Waals surface area contributed by atoms with Crippen LogP contribution in [0.1, 0.15) is 29.6 Å². The molecule has 0 aliphatic carbocycles. The Labute approximate surface area is 125 Å². The van der Waals surface area contributed by atoms with Crippen LogP contribution in [0.2, 0.25) is 0 Å². The van der Waals surface area contributed by atoms with Crippen LogP contribution in [0.25, 0.3) is 0 Å². The number of amides is 1. The Hall–Kier alpha value is -2.11. The predicted octanol–water partition coefficient (Wildman–Crippen LogP) is 1.68. The number of hydrogen-bond donors (Lipinski definition) is 0. The number of aryl methyl sites for hydroxylation is 3. The molecule has 0 bridgehead atoms. The third kappa shape index (κ3) is 3.15. The van der Waals surface area contributed by atoms with Gasteiger partial charge in [0.15, 0.2) is 0 Å². The van der Waals surface area contributed by atoms with Gasteiger partial charge in [-0.25, -0.2) is 0 Å². The summed E-state index contributed by atoms with van der Waals surface area (Å²) in [6, 6.07) is 1.90. The minimum Gasteiger partial charge on any atom is -0.340 e. The van der Waals surface area contributed by atoms with Crippen molar-refractivity contribution >= 4 is 5.91 Å². The van der Waals surface area contributed by atoms with Gasteiger partial charge >= 0.3 is 0 Å². The number of hydrogen-bond acceptors (Lipinski definition) is 3. The molecule has 2 aromatic rings. The van der Waals surface area contributed by atoms with E-state index in [-0.39, 0.29) is 12.5 Å². The van der Waals surface area contributed by atoms with E-state index in [4.69, 9.17) is 0 Å². The second-order valence-electron chi connectivity index (χ2n) is 5.35. The lowest BCUT2D eigenvalue weighted by Gasteiger charge is -2.18. The fourth-order valence-corrected chi connectivity index (χ4v) is 2.41. The van der Waals surface area contributed by atoms with Gasteiger partial charge in [-0.1, -0.05) is 0 Å². The van der Waals surface area contributed by atoms with Gasteiger partial charge in [0.2, 0.25) is 5.91 Å². The maximum absolute atomic E-state index is 12.3. The van der Waals surface area contributed by atoms with Crippen LogP contribution < -0.4 is 0 Å². The van der Waals surface area contributed by atoms with Crippen LogP contribution in [0, 0.1) is 20.8 Å². The minimum absolute atomic E-state index is 0.0462. The van der Waals surface area contributed by atoms with Gasteiger partial charge in [-0.05, 0) is 33.8 Å². The number of aromatic nitrogens is 4. The molecule has 0 atom stereocenters. The molecule has 0 saturated carbocycles. The first kappa shape index (κ1) is 15.3. The highest BCUT2D eigenvalue weighted by atomic mass is 16.2. The van der Waals surface area contributed by atoms with E-state index in [0.717, 1.165) is 29.2 Å². The highest BCUT2D eigenvalue weighted by Gasteiger charge is 2.16. The summed E-state index contributed by atoms with van der Waals surface area (Å²) in [6.45, 7) is 9.75. The summed E-state index contributed by atoms with van der Waals surface area (Å²) in [5.74, 6) is 0.0462. The Morgan fingerprint density at radius 2 is 2.00 bits per heavy atom. The molecule has 0 aromatic carbocycles. The molecule has 2 aromatic heterocycles. The Bertz CT molecular complexity index is 641. The third-order valence-corrected chi connectivity index (χ3v) is 3.87. The predicted molar refractivity (Wildman–Crippen MR) is 80.8 cm³/mol. The molecule has 2 heterocycles. The fraction of sp³-hybridized carbons (Fsp3) is 0.533. The summed E-state index contributed by atoms with van der Waals surface area (Å²) in [6.07, 6.45) is 1.71. The summed E-state index contributed by atoms with van der Waals surface area (Å²) in [4.78, 5) is 14.0. The van der Waals surface area contributed by atoms with Gasteiger partial charge in [0, 0.05) is 43.3 Å². The topological polar surface area (TPSA) is 56.0 Å². The van der Waals surface area contributed by atoms with Crippen LogP contribution >= 0.6 is 0 Å². The molecule has 2 rings (SSSR count). The van der Waals surface area contributed by atoms with Gasteiger partial charge in [-0.3, -0.25) is 14.2 Å². The number of carbonyl (C=O) groups is 1. The molecule has 0 aliphatic heterocycles. The lowest BCUT2D eigenvalue weighted by atomic mass is 10.2. The molecule has 0 saturated heterocycles. The van der Waals surface area contributed by atoms with Gasteiger partial charge in [-0.15, -0.1) is 0 Å². The van der Waals surface area contributed by atoms with Gasteiger partial charge in [0.25, 0.3) is 0 Å². The Balaban J connectivity index is 2.07. The van der Waals surface area contributed by atoms with Crippen LogP contribution in [-0.2, 0) is 24.4 Å². The molecule has 6 heteroatoms. The molecule has 0 aliphatic rings. The third-order valence-electron chi connectivity index (χ3n) is 3.87. The van der Waals surface area contributed by atoms with Crippen molar-refractivity contribution in [2.24, 2.45) is 0 Å². The molecule has 0 unspecified atom stereocenters. The van der Waals surface area contributed by atoms with Crippen molar-refractivity contribution in [2.75, 3.05) is 7.05 Å². The Morgan fingerprint density at radius 1 is 1.29 bits per heavy atom. The summed E-state index contributed by atoms with van der Waals surface area (Å²) < 4.78 is 3.69. The number of carbonyl (C=O) groups excluding carboxylic acids is 1. The van der Waals surface area contributed by atoms with Crippen molar-refractivity contribution in [3.05, 3.63) is 34.9 Å². The molecule has 21 heavy (non-hydrogen) atoms. The van der Waals surface area contributed by atoms with Crippen LogP contribution in [0.15, 0.2) is 12.3 Å². The van der Waals surface area contributed by atoms with Crippen molar-refractivity contribution < 1.29 is 4.79 Å². The average Bonchev–Trinajstić information content (AvgIpc) is 2.96. The average molecular weight is 289 g/mol. The summed E-state index contributed by atoms with van der Waals surface area (Å²) in [7, 11) is 1.82. The van der Waals surface area contributed by atoms with Crippen LogP contribution in [0.5, 0.6) is 0 Å². The van der Waals surface area contributed by atoms with E-state index in [0.29, 0.717) is 6.54 Å². The number of likely N-dealkylation sites (N-methyl/N-ethyl adjacent to an activating group) is 1. The fourth-order valence-electron chi connectivity index (χ4n) is 2.41. The molecule has 0 spiro atoms. The van der Waals surface area contributed by atoms with Crippen LogP contribution in [0.3, 0.4) is 0 Å². The van der Waals surface area contributed by atoms with Crippen LogP contribution in [0.4, 0.5) is 0 Å². The van der Waals surface area contributed by atoms with Crippen molar-refractivity contribution in [1.82, 2.24) is 24.5 Å². The van der Waals surface area contributed by atoms with E-state index < -0.39 is 0 Å². The molecular formula is C15H23N5O. The maximum atomic E-state index is 12.3. The van der Waals surface area contributed by atoms with Gasteiger partial charge in [-0.2, -0.15) is 10.2 Å². The van der Waals surface area contributed by atoms with E-state index in [1.807, 2.05) is 31.6 Å². The van der Waals surface area contributed by atoms with Crippen molar-refractivity contribution in [3.8, 4) is 0 Å². The second kappa shape index (κ2) is 6.11. The van der Waals surface area contributed by atoms with Crippen molar-refractivity contribution in [3.63, 3.8) is 0 Å². The zero-order chi connectivity index (χ0) is 15.6.